The Kier molecular flexibility index (Phi) is 4.00. The molecular formula is C13H13Cl3N2. The van der Waals surface area contributed by atoms with Crippen molar-refractivity contribution >= 4 is 45.1 Å². The lowest BCUT2D eigenvalue weighted by Crippen LogP contribution is -2.11. The summed E-state index contributed by atoms with van der Waals surface area (Å²) < 4.78 is 0. The van der Waals surface area contributed by atoms with Crippen molar-refractivity contribution in [1.82, 2.24) is 0 Å². The Bertz CT molecular complexity index is 517. The summed E-state index contributed by atoms with van der Waals surface area (Å²) in [5, 5.41) is -0.891. The second kappa shape index (κ2) is 5.20. The fraction of sp³-hybridized carbons (Fsp3) is 0.385. The molecule has 0 N–H and O–H groups in total. The van der Waals surface area contributed by atoms with Crippen LogP contribution in [0.5, 0.6) is 0 Å². The first-order valence-corrected chi connectivity index (χ1v) is 6.95. The van der Waals surface area contributed by atoms with Crippen LogP contribution >= 0.6 is 34.8 Å². The van der Waals surface area contributed by atoms with Gasteiger partial charge >= 0.3 is 0 Å². The molecule has 5 heteroatoms. The van der Waals surface area contributed by atoms with Crippen LogP contribution in [0.3, 0.4) is 0 Å². The van der Waals surface area contributed by atoms with Crippen molar-refractivity contribution in [3.8, 4) is 0 Å². The van der Waals surface area contributed by atoms with Gasteiger partial charge in [0.15, 0.2) is 10.3 Å². The third kappa shape index (κ3) is 2.42. The Morgan fingerprint density at radius 2 is 1.56 bits per heavy atom. The van der Waals surface area contributed by atoms with Crippen molar-refractivity contribution in [2.24, 2.45) is 9.98 Å². The molecule has 0 amide bonds. The minimum atomic E-state index is -1.20. The number of benzene rings is 1. The lowest BCUT2D eigenvalue weighted by atomic mass is 9.99. The first kappa shape index (κ1) is 13.9. The fourth-order valence-corrected chi connectivity index (χ4v) is 2.71. The first-order chi connectivity index (χ1) is 8.50. The molecule has 0 bridgehead atoms. The highest BCUT2D eigenvalue weighted by Crippen LogP contribution is 2.38. The van der Waals surface area contributed by atoms with E-state index in [1.165, 1.54) is 11.1 Å². The maximum Gasteiger partial charge on any atom is 0.255 e. The molecular weight excluding hydrogens is 291 g/mol. The molecule has 2 nitrogen and oxygen atoms in total. The molecule has 0 saturated carbocycles. The molecule has 1 aliphatic rings. The number of aliphatic imine (C=N–C) groups is 2. The predicted molar refractivity (Wildman–Crippen MR) is 79.3 cm³/mol. The number of hydrogen-bond acceptors (Lipinski definition) is 2. The normalized spacial score (nSPS) is 17.6. The maximum atomic E-state index is 6.37. The number of aryl methyl sites for hydroxylation is 2. The Labute approximate surface area is 122 Å². The second-order valence-corrected chi connectivity index (χ2v) is 5.33. The minimum Gasteiger partial charge on any atom is -0.220 e. The third-order valence-electron chi connectivity index (χ3n) is 3.00. The van der Waals surface area contributed by atoms with Crippen molar-refractivity contribution in [1.29, 1.82) is 0 Å². The summed E-state index contributed by atoms with van der Waals surface area (Å²) in [5.74, 6) is 0. The third-order valence-corrected chi connectivity index (χ3v) is 4.01. The van der Waals surface area contributed by atoms with Gasteiger partial charge in [0.1, 0.15) is 0 Å². The summed E-state index contributed by atoms with van der Waals surface area (Å²) in [7, 11) is 0. The molecule has 2 rings (SSSR count). The van der Waals surface area contributed by atoms with Gasteiger partial charge in [0, 0.05) is 5.56 Å². The van der Waals surface area contributed by atoms with Crippen molar-refractivity contribution in [2.45, 2.75) is 31.8 Å². The lowest BCUT2D eigenvalue weighted by molar-refractivity contribution is 0.703. The van der Waals surface area contributed by atoms with E-state index in [1.807, 2.05) is 12.1 Å². The van der Waals surface area contributed by atoms with Gasteiger partial charge in [0.05, 0.1) is 0 Å². The van der Waals surface area contributed by atoms with E-state index in [1.54, 1.807) is 0 Å². The SMILES string of the molecule is CCc1ccc(C2(Cl)N=C(Cl)C(Cl)=N2)cc1CC. The van der Waals surface area contributed by atoms with Crippen LogP contribution in [-0.4, -0.2) is 10.3 Å². The van der Waals surface area contributed by atoms with E-state index in [2.05, 4.69) is 29.9 Å². The second-order valence-electron chi connectivity index (χ2n) is 4.08. The molecule has 18 heavy (non-hydrogen) atoms. The van der Waals surface area contributed by atoms with Crippen LogP contribution in [0.25, 0.3) is 0 Å². The molecule has 0 unspecified atom stereocenters. The van der Waals surface area contributed by atoms with Gasteiger partial charge in [-0.15, -0.1) is 0 Å². The molecule has 0 fully saturated rings. The predicted octanol–water partition coefficient (Wildman–Crippen LogP) is 4.45. The molecule has 0 atom stereocenters. The topological polar surface area (TPSA) is 24.7 Å². The Hall–Kier alpha value is -0.570. The largest absolute Gasteiger partial charge is 0.255 e. The van der Waals surface area contributed by atoms with Crippen LogP contribution in [0.1, 0.15) is 30.5 Å². The number of rotatable bonds is 3. The summed E-state index contributed by atoms with van der Waals surface area (Å²) in [5.41, 5.74) is 3.36. The highest BCUT2D eigenvalue weighted by molar-refractivity contribution is 7.01. The van der Waals surface area contributed by atoms with Crippen LogP contribution in [0, 0.1) is 0 Å². The van der Waals surface area contributed by atoms with Gasteiger partial charge in [-0.3, -0.25) is 0 Å². The van der Waals surface area contributed by atoms with E-state index < -0.39 is 5.12 Å². The lowest BCUT2D eigenvalue weighted by Gasteiger charge is -2.17. The Morgan fingerprint density at radius 3 is 2.06 bits per heavy atom. The van der Waals surface area contributed by atoms with Crippen molar-refractivity contribution < 1.29 is 0 Å². The van der Waals surface area contributed by atoms with E-state index in [-0.39, 0.29) is 10.3 Å². The van der Waals surface area contributed by atoms with Gasteiger partial charge in [0.2, 0.25) is 0 Å². The van der Waals surface area contributed by atoms with Gasteiger partial charge in [-0.1, -0.05) is 60.8 Å². The van der Waals surface area contributed by atoms with Crippen molar-refractivity contribution in [2.75, 3.05) is 0 Å². The molecule has 0 saturated heterocycles. The van der Waals surface area contributed by atoms with Gasteiger partial charge in [-0.25, -0.2) is 9.98 Å². The van der Waals surface area contributed by atoms with Crippen molar-refractivity contribution in [3.05, 3.63) is 34.9 Å². The summed E-state index contributed by atoms with van der Waals surface area (Å²) >= 11 is 18.0. The summed E-state index contributed by atoms with van der Waals surface area (Å²) in [4.78, 5) is 8.23. The zero-order valence-corrected chi connectivity index (χ0v) is 12.4. The molecule has 0 radical (unpaired) electrons. The molecule has 0 aliphatic carbocycles. The zero-order valence-electron chi connectivity index (χ0n) is 10.2. The minimum absolute atomic E-state index is 0.157. The van der Waals surface area contributed by atoms with E-state index in [0.717, 1.165) is 18.4 Å². The first-order valence-electron chi connectivity index (χ1n) is 5.82. The average molecular weight is 304 g/mol. The molecule has 1 heterocycles. The smallest absolute Gasteiger partial charge is 0.220 e. The highest BCUT2D eigenvalue weighted by atomic mass is 35.5. The number of nitrogens with zero attached hydrogens (tertiary/aromatic N) is 2. The summed E-state index contributed by atoms with van der Waals surface area (Å²) in [6, 6.07) is 6.01. The quantitative estimate of drug-likeness (QED) is 0.582. The van der Waals surface area contributed by atoms with Crippen LogP contribution in [0.15, 0.2) is 28.2 Å². The molecule has 0 spiro atoms. The average Bonchev–Trinajstić information content (AvgIpc) is 2.63. The maximum absolute atomic E-state index is 6.37. The van der Waals surface area contributed by atoms with E-state index in [9.17, 15) is 0 Å². The van der Waals surface area contributed by atoms with Gasteiger partial charge in [-0.05, 0) is 30.0 Å². The number of alkyl halides is 1. The van der Waals surface area contributed by atoms with Gasteiger partial charge in [0.25, 0.3) is 5.12 Å². The van der Waals surface area contributed by atoms with Crippen molar-refractivity contribution in [3.63, 3.8) is 0 Å². The summed E-state index contributed by atoms with van der Waals surface area (Å²) in [6.07, 6.45) is 1.94. The van der Waals surface area contributed by atoms with Crippen LogP contribution in [0.2, 0.25) is 0 Å². The van der Waals surface area contributed by atoms with Gasteiger partial charge in [-0.2, -0.15) is 0 Å². The van der Waals surface area contributed by atoms with Crippen LogP contribution < -0.4 is 0 Å². The Balaban J connectivity index is 2.48. The fourth-order valence-electron chi connectivity index (χ4n) is 2.00. The number of halogens is 3. The molecule has 1 aromatic rings. The van der Waals surface area contributed by atoms with E-state index in [4.69, 9.17) is 34.8 Å². The molecule has 96 valence electrons. The monoisotopic (exact) mass is 302 g/mol. The molecule has 0 aromatic heterocycles. The van der Waals surface area contributed by atoms with E-state index in [0.29, 0.717) is 0 Å². The highest BCUT2D eigenvalue weighted by Gasteiger charge is 2.35. The molecule has 1 aromatic carbocycles. The molecule has 1 aliphatic heterocycles. The number of hydrogen-bond donors (Lipinski definition) is 0. The van der Waals surface area contributed by atoms with Crippen LogP contribution in [-0.2, 0) is 18.0 Å². The Morgan fingerprint density at radius 1 is 1.00 bits per heavy atom. The van der Waals surface area contributed by atoms with Crippen LogP contribution in [0.4, 0.5) is 0 Å². The van der Waals surface area contributed by atoms with Gasteiger partial charge < -0.3 is 0 Å². The summed E-state index contributed by atoms with van der Waals surface area (Å²) in [6.45, 7) is 4.24. The van der Waals surface area contributed by atoms with E-state index >= 15 is 0 Å². The zero-order chi connectivity index (χ0) is 13.3. The standard InChI is InChI=1S/C13H13Cl3N2/c1-3-8-5-6-10(7-9(8)4-2)13(16)17-11(14)12(15)18-13/h5-7H,3-4H2,1-2H3.